The second-order valence-electron chi connectivity index (χ2n) is 4.46. The van der Waals surface area contributed by atoms with E-state index in [1.165, 1.54) is 11.8 Å². The van der Waals surface area contributed by atoms with Crippen LogP contribution in [0.5, 0.6) is 0 Å². The highest BCUT2D eigenvalue weighted by atomic mass is 32.2. The lowest BCUT2D eigenvalue weighted by molar-refractivity contribution is 0.0696. The van der Waals surface area contributed by atoms with Crippen LogP contribution in [0.15, 0.2) is 26.8 Å². The number of oxazole rings is 1. The number of carboxylic acids is 1. The van der Waals surface area contributed by atoms with Crippen molar-refractivity contribution < 1.29 is 14.3 Å². The Morgan fingerprint density at radius 3 is 2.65 bits per heavy atom. The average molecular weight is 292 g/mol. The zero-order valence-corrected chi connectivity index (χ0v) is 12.5. The van der Waals surface area contributed by atoms with E-state index in [0.29, 0.717) is 10.2 Å². The number of aromatic nitrogens is 2. The Labute approximate surface area is 121 Å². The van der Waals surface area contributed by atoms with Crippen molar-refractivity contribution in [2.75, 3.05) is 0 Å². The maximum Gasteiger partial charge on any atom is 0.335 e. The van der Waals surface area contributed by atoms with Gasteiger partial charge in [0.05, 0.1) is 11.3 Å². The van der Waals surface area contributed by atoms with Gasteiger partial charge in [-0.1, -0.05) is 13.3 Å². The molecule has 2 aromatic heterocycles. The Balaban J connectivity index is 2.32. The molecule has 0 saturated heterocycles. The molecule has 0 aliphatic heterocycles. The molecule has 0 aliphatic rings. The fourth-order valence-electron chi connectivity index (χ4n) is 1.70. The molecule has 2 heterocycles. The summed E-state index contributed by atoms with van der Waals surface area (Å²) in [5.41, 5.74) is 1.84. The molecule has 0 saturated carbocycles. The minimum Gasteiger partial charge on any atom is -0.478 e. The van der Waals surface area contributed by atoms with Gasteiger partial charge in [-0.15, -0.1) is 0 Å². The van der Waals surface area contributed by atoms with Crippen molar-refractivity contribution in [1.82, 2.24) is 9.97 Å². The first-order valence-electron chi connectivity index (χ1n) is 6.35. The van der Waals surface area contributed by atoms with Crippen LogP contribution >= 0.6 is 11.8 Å². The monoisotopic (exact) mass is 292 g/mol. The summed E-state index contributed by atoms with van der Waals surface area (Å²) in [6, 6.07) is 3.16. The van der Waals surface area contributed by atoms with E-state index in [0.717, 1.165) is 30.0 Å². The molecule has 0 amide bonds. The number of hydrogen-bond acceptors (Lipinski definition) is 5. The first-order chi connectivity index (χ1) is 9.49. The minimum absolute atomic E-state index is 0.242. The number of nitrogens with zero attached hydrogens (tertiary/aromatic N) is 2. The predicted octanol–water partition coefficient (Wildman–Crippen LogP) is 3.49. The predicted molar refractivity (Wildman–Crippen MR) is 75.3 cm³/mol. The molecule has 2 aromatic rings. The van der Waals surface area contributed by atoms with Gasteiger partial charge in [-0.05, 0) is 44.2 Å². The van der Waals surface area contributed by atoms with Gasteiger partial charge in [-0.25, -0.2) is 14.8 Å². The molecule has 0 radical (unpaired) electrons. The van der Waals surface area contributed by atoms with Gasteiger partial charge in [-0.3, -0.25) is 0 Å². The van der Waals surface area contributed by atoms with Gasteiger partial charge >= 0.3 is 5.97 Å². The van der Waals surface area contributed by atoms with Gasteiger partial charge in [0.15, 0.2) is 0 Å². The molecule has 2 rings (SSSR count). The van der Waals surface area contributed by atoms with Crippen LogP contribution in [-0.2, 0) is 6.42 Å². The summed E-state index contributed by atoms with van der Waals surface area (Å²) in [6.07, 6.45) is 1.66. The number of carboxylic acid groups (broad SMARTS) is 1. The lowest BCUT2D eigenvalue weighted by Gasteiger charge is -2.04. The van der Waals surface area contributed by atoms with Crippen LogP contribution in [0.4, 0.5) is 0 Å². The number of carbonyl (C=O) groups is 1. The molecule has 0 aromatic carbocycles. The first kappa shape index (κ1) is 14.6. The van der Waals surface area contributed by atoms with Crippen LogP contribution in [0.3, 0.4) is 0 Å². The van der Waals surface area contributed by atoms with E-state index in [1.54, 1.807) is 12.1 Å². The van der Waals surface area contributed by atoms with E-state index in [2.05, 4.69) is 9.97 Å². The molecule has 0 spiro atoms. The first-order valence-corrected chi connectivity index (χ1v) is 7.17. The van der Waals surface area contributed by atoms with Gasteiger partial charge in [0, 0.05) is 5.69 Å². The van der Waals surface area contributed by atoms with Gasteiger partial charge < -0.3 is 9.52 Å². The number of pyridine rings is 1. The Hall–Kier alpha value is -1.82. The van der Waals surface area contributed by atoms with Crippen molar-refractivity contribution in [3.05, 3.63) is 34.8 Å². The summed E-state index contributed by atoms with van der Waals surface area (Å²) in [4.78, 5) is 19.8. The smallest absolute Gasteiger partial charge is 0.335 e. The van der Waals surface area contributed by atoms with E-state index in [4.69, 9.17) is 9.52 Å². The fraction of sp³-hybridized carbons (Fsp3) is 0.357. The molecule has 6 heteroatoms. The summed E-state index contributed by atoms with van der Waals surface area (Å²) < 4.78 is 5.48. The summed E-state index contributed by atoms with van der Waals surface area (Å²) in [7, 11) is 0. The van der Waals surface area contributed by atoms with Crippen LogP contribution in [-0.4, -0.2) is 21.0 Å². The molecule has 0 bridgehead atoms. The molecule has 5 nitrogen and oxygen atoms in total. The van der Waals surface area contributed by atoms with Crippen LogP contribution in [0, 0.1) is 13.8 Å². The molecular weight excluding hydrogens is 276 g/mol. The number of aryl methyl sites for hydroxylation is 3. The van der Waals surface area contributed by atoms with E-state index in [-0.39, 0.29) is 5.56 Å². The van der Waals surface area contributed by atoms with Crippen LogP contribution < -0.4 is 0 Å². The van der Waals surface area contributed by atoms with Gasteiger partial charge in [0.2, 0.25) is 0 Å². The van der Waals surface area contributed by atoms with Crippen molar-refractivity contribution in [3.8, 4) is 0 Å². The maximum atomic E-state index is 11.1. The van der Waals surface area contributed by atoms with Crippen LogP contribution in [0.25, 0.3) is 0 Å². The van der Waals surface area contributed by atoms with Crippen molar-refractivity contribution in [3.63, 3.8) is 0 Å². The summed E-state index contributed by atoms with van der Waals surface area (Å²) in [6.45, 7) is 5.74. The SMILES string of the molecule is CCCc1cc(C(=O)O)cc(Sc2nc(C)c(C)o2)n1. The van der Waals surface area contributed by atoms with E-state index < -0.39 is 5.97 Å². The Morgan fingerprint density at radius 1 is 1.35 bits per heavy atom. The maximum absolute atomic E-state index is 11.1. The lowest BCUT2D eigenvalue weighted by Crippen LogP contribution is -2.01. The highest BCUT2D eigenvalue weighted by molar-refractivity contribution is 7.99. The van der Waals surface area contributed by atoms with E-state index >= 15 is 0 Å². The quantitative estimate of drug-likeness (QED) is 0.909. The second kappa shape index (κ2) is 6.09. The minimum atomic E-state index is -0.952. The van der Waals surface area contributed by atoms with Crippen molar-refractivity contribution in [2.24, 2.45) is 0 Å². The fourth-order valence-corrected chi connectivity index (χ4v) is 2.57. The molecule has 0 aliphatic carbocycles. The average Bonchev–Trinajstić information content (AvgIpc) is 2.68. The highest BCUT2D eigenvalue weighted by Crippen LogP contribution is 2.28. The topological polar surface area (TPSA) is 76.2 Å². The van der Waals surface area contributed by atoms with Crippen molar-refractivity contribution in [2.45, 2.75) is 43.9 Å². The van der Waals surface area contributed by atoms with Crippen LogP contribution in [0.1, 0.15) is 40.9 Å². The standard InChI is InChI=1S/C14H16N2O3S/c1-4-5-11-6-10(13(17)18)7-12(16-11)20-14-15-8(2)9(3)19-14/h6-7H,4-5H2,1-3H3,(H,17,18). The summed E-state index contributed by atoms with van der Waals surface area (Å²) in [5, 5.41) is 10.2. The third-order valence-corrected chi connectivity index (χ3v) is 3.58. The number of rotatable bonds is 5. The van der Waals surface area contributed by atoms with Crippen LogP contribution in [0.2, 0.25) is 0 Å². The lowest BCUT2D eigenvalue weighted by atomic mass is 10.2. The second-order valence-corrected chi connectivity index (χ2v) is 5.44. The Bertz CT molecular complexity index is 618. The van der Waals surface area contributed by atoms with Crippen molar-refractivity contribution in [1.29, 1.82) is 0 Å². The zero-order valence-electron chi connectivity index (χ0n) is 11.6. The Kier molecular flexibility index (Phi) is 4.44. The highest BCUT2D eigenvalue weighted by Gasteiger charge is 2.12. The third kappa shape index (κ3) is 3.39. The third-order valence-electron chi connectivity index (χ3n) is 2.81. The zero-order chi connectivity index (χ0) is 14.7. The molecule has 0 fully saturated rings. The number of hydrogen-bond donors (Lipinski definition) is 1. The largest absolute Gasteiger partial charge is 0.478 e. The molecule has 0 atom stereocenters. The molecular formula is C14H16N2O3S. The van der Waals surface area contributed by atoms with Crippen molar-refractivity contribution >= 4 is 17.7 Å². The molecule has 0 unspecified atom stereocenters. The molecule has 1 N–H and O–H groups in total. The normalized spacial score (nSPS) is 10.8. The molecule has 20 heavy (non-hydrogen) atoms. The van der Waals surface area contributed by atoms with E-state index in [9.17, 15) is 4.79 Å². The number of aromatic carboxylic acids is 1. The van der Waals surface area contributed by atoms with E-state index in [1.807, 2.05) is 20.8 Å². The van der Waals surface area contributed by atoms with Gasteiger partial charge in [0.1, 0.15) is 10.8 Å². The van der Waals surface area contributed by atoms with Gasteiger partial charge in [0.25, 0.3) is 5.22 Å². The molecule has 106 valence electrons. The Morgan fingerprint density at radius 2 is 2.10 bits per heavy atom. The summed E-state index contributed by atoms with van der Waals surface area (Å²) in [5.74, 6) is -0.193. The summed E-state index contributed by atoms with van der Waals surface area (Å²) >= 11 is 1.24. The van der Waals surface area contributed by atoms with Gasteiger partial charge in [-0.2, -0.15) is 0 Å².